The lowest BCUT2D eigenvalue weighted by atomic mass is 9.88. The Morgan fingerprint density at radius 3 is 3.25 bits per heavy atom. The maximum atomic E-state index is 10.9. The Labute approximate surface area is 75.4 Å². The lowest BCUT2D eigenvalue weighted by Crippen LogP contribution is -2.27. The largest absolute Gasteiger partial charge is 0.369 e. The molecule has 2 N–H and O–H groups in total. The molecule has 1 atom stereocenters. The van der Waals surface area contributed by atoms with Gasteiger partial charge in [-0.25, -0.2) is 0 Å². The molecule has 0 saturated carbocycles. The summed E-state index contributed by atoms with van der Waals surface area (Å²) in [5.74, 6) is -0.0704. The fourth-order valence-corrected chi connectivity index (χ4v) is 2.62. The predicted molar refractivity (Wildman–Crippen MR) is 49.0 cm³/mol. The van der Waals surface area contributed by atoms with E-state index in [2.05, 4.69) is 11.4 Å². The molecule has 2 rings (SSSR count). The zero-order chi connectivity index (χ0) is 8.55. The monoisotopic (exact) mass is 181 g/mol. The Bertz CT molecular complexity index is 305. The summed E-state index contributed by atoms with van der Waals surface area (Å²) in [6, 6.07) is 2.11. The number of fused-ring (bicyclic) bond motifs is 1. The van der Waals surface area contributed by atoms with Gasteiger partial charge >= 0.3 is 0 Å². The number of carbonyl (C=O) groups is 1. The average Bonchev–Trinajstić information content (AvgIpc) is 2.49. The van der Waals surface area contributed by atoms with Gasteiger partial charge in [0.1, 0.15) is 0 Å². The van der Waals surface area contributed by atoms with E-state index in [0.29, 0.717) is 0 Å². The van der Waals surface area contributed by atoms with Crippen molar-refractivity contribution in [3.8, 4) is 0 Å². The van der Waals surface area contributed by atoms with Gasteiger partial charge in [-0.3, -0.25) is 4.79 Å². The van der Waals surface area contributed by atoms with Crippen molar-refractivity contribution in [1.82, 2.24) is 0 Å². The third-order valence-electron chi connectivity index (χ3n) is 2.43. The predicted octanol–water partition coefficient (Wildman–Crippen LogP) is 1.34. The zero-order valence-electron chi connectivity index (χ0n) is 6.75. The lowest BCUT2D eigenvalue weighted by Gasteiger charge is -2.18. The van der Waals surface area contributed by atoms with Gasteiger partial charge in [-0.2, -0.15) is 0 Å². The smallest absolute Gasteiger partial charge is 0.220 e. The van der Waals surface area contributed by atoms with E-state index in [0.717, 1.165) is 19.3 Å². The summed E-state index contributed by atoms with van der Waals surface area (Å²) in [5, 5.41) is 2.09. The van der Waals surface area contributed by atoms with Gasteiger partial charge in [-0.05, 0) is 36.3 Å². The molecule has 1 amide bonds. The van der Waals surface area contributed by atoms with Gasteiger partial charge in [0.2, 0.25) is 5.91 Å². The van der Waals surface area contributed by atoms with Crippen LogP contribution < -0.4 is 5.73 Å². The van der Waals surface area contributed by atoms with E-state index in [9.17, 15) is 4.79 Å². The molecule has 1 aromatic heterocycles. The van der Waals surface area contributed by atoms with Gasteiger partial charge in [-0.15, -0.1) is 11.3 Å². The van der Waals surface area contributed by atoms with Crippen molar-refractivity contribution in [2.45, 2.75) is 19.3 Å². The molecule has 0 aromatic carbocycles. The summed E-state index contributed by atoms with van der Waals surface area (Å²) in [5.41, 5.74) is 6.59. The molecule has 12 heavy (non-hydrogen) atoms. The fraction of sp³-hybridized carbons (Fsp3) is 0.444. The zero-order valence-corrected chi connectivity index (χ0v) is 7.56. The summed E-state index contributed by atoms with van der Waals surface area (Å²) >= 11 is 1.79. The minimum absolute atomic E-state index is 0.0760. The van der Waals surface area contributed by atoms with Crippen LogP contribution in [0.1, 0.15) is 16.9 Å². The highest BCUT2D eigenvalue weighted by Crippen LogP contribution is 2.28. The summed E-state index contributed by atoms with van der Waals surface area (Å²) in [6.45, 7) is 0. The number of carbonyl (C=O) groups excluding carboxylic acids is 1. The normalized spacial score (nSPS) is 21.8. The third-order valence-corrected chi connectivity index (χ3v) is 3.45. The molecule has 0 bridgehead atoms. The Hall–Kier alpha value is -0.830. The standard InChI is InChI=1S/C9H11NOS/c10-9(11)7-1-2-8-6(5-7)3-4-12-8/h3-4,7H,1-2,5H2,(H2,10,11). The molecule has 0 spiro atoms. The Balaban J connectivity index is 2.20. The van der Waals surface area contributed by atoms with Crippen LogP contribution in [0.2, 0.25) is 0 Å². The highest BCUT2D eigenvalue weighted by Gasteiger charge is 2.22. The topological polar surface area (TPSA) is 43.1 Å². The molecule has 0 fully saturated rings. The van der Waals surface area contributed by atoms with E-state index in [1.165, 1.54) is 10.4 Å². The third kappa shape index (κ3) is 1.25. The minimum Gasteiger partial charge on any atom is -0.369 e. The van der Waals surface area contributed by atoms with Crippen molar-refractivity contribution in [2.24, 2.45) is 11.7 Å². The van der Waals surface area contributed by atoms with Crippen molar-refractivity contribution < 1.29 is 4.79 Å². The number of thiophene rings is 1. The van der Waals surface area contributed by atoms with Crippen molar-refractivity contribution in [3.05, 3.63) is 21.9 Å². The van der Waals surface area contributed by atoms with E-state index >= 15 is 0 Å². The second-order valence-electron chi connectivity index (χ2n) is 3.21. The van der Waals surface area contributed by atoms with Gasteiger partial charge in [0.25, 0.3) is 0 Å². The molecule has 0 radical (unpaired) electrons. The molecule has 1 aromatic rings. The maximum absolute atomic E-state index is 10.9. The molecule has 2 nitrogen and oxygen atoms in total. The molecule has 3 heteroatoms. The lowest BCUT2D eigenvalue weighted by molar-refractivity contribution is -0.122. The van der Waals surface area contributed by atoms with E-state index in [-0.39, 0.29) is 11.8 Å². The van der Waals surface area contributed by atoms with Crippen LogP contribution in [-0.4, -0.2) is 5.91 Å². The molecule has 1 aliphatic carbocycles. The first kappa shape index (κ1) is 7.80. The highest BCUT2D eigenvalue weighted by atomic mass is 32.1. The van der Waals surface area contributed by atoms with E-state index in [4.69, 9.17) is 5.73 Å². The summed E-state index contributed by atoms with van der Waals surface area (Å²) < 4.78 is 0. The van der Waals surface area contributed by atoms with Gasteiger partial charge in [0.05, 0.1) is 0 Å². The molecule has 1 unspecified atom stereocenters. The van der Waals surface area contributed by atoms with Gasteiger partial charge in [0.15, 0.2) is 0 Å². The summed E-state index contributed by atoms with van der Waals surface area (Å²) in [6.07, 6.45) is 2.82. The number of rotatable bonds is 1. The Morgan fingerprint density at radius 2 is 2.50 bits per heavy atom. The minimum atomic E-state index is -0.146. The van der Waals surface area contributed by atoms with Crippen LogP contribution in [0, 0.1) is 5.92 Å². The van der Waals surface area contributed by atoms with Crippen molar-refractivity contribution >= 4 is 17.2 Å². The molecule has 0 saturated heterocycles. The molecule has 64 valence electrons. The van der Waals surface area contributed by atoms with Crippen molar-refractivity contribution in [1.29, 1.82) is 0 Å². The number of amides is 1. The Morgan fingerprint density at radius 1 is 1.67 bits per heavy atom. The van der Waals surface area contributed by atoms with Gasteiger partial charge in [0, 0.05) is 10.8 Å². The summed E-state index contributed by atoms with van der Waals surface area (Å²) in [4.78, 5) is 12.3. The number of hydrogen-bond acceptors (Lipinski definition) is 2. The number of hydrogen-bond donors (Lipinski definition) is 1. The first-order chi connectivity index (χ1) is 5.77. The van der Waals surface area contributed by atoms with E-state index < -0.39 is 0 Å². The van der Waals surface area contributed by atoms with Crippen LogP contribution in [0.25, 0.3) is 0 Å². The van der Waals surface area contributed by atoms with Crippen LogP contribution in [0.4, 0.5) is 0 Å². The van der Waals surface area contributed by atoms with Crippen LogP contribution in [0.3, 0.4) is 0 Å². The second-order valence-corrected chi connectivity index (χ2v) is 4.21. The van der Waals surface area contributed by atoms with Gasteiger partial charge in [-0.1, -0.05) is 0 Å². The first-order valence-electron chi connectivity index (χ1n) is 4.12. The van der Waals surface area contributed by atoms with Gasteiger partial charge < -0.3 is 5.73 Å². The van der Waals surface area contributed by atoms with E-state index in [1.54, 1.807) is 11.3 Å². The van der Waals surface area contributed by atoms with Crippen LogP contribution >= 0.6 is 11.3 Å². The number of aryl methyl sites for hydroxylation is 1. The Kier molecular flexibility index (Phi) is 1.89. The van der Waals surface area contributed by atoms with Crippen LogP contribution in [0.15, 0.2) is 11.4 Å². The molecule has 1 aliphatic rings. The first-order valence-corrected chi connectivity index (χ1v) is 5.00. The number of nitrogens with two attached hydrogens (primary N) is 1. The quantitative estimate of drug-likeness (QED) is 0.698. The van der Waals surface area contributed by atoms with Crippen LogP contribution in [0.5, 0.6) is 0 Å². The van der Waals surface area contributed by atoms with E-state index in [1.807, 2.05) is 0 Å². The second kappa shape index (κ2) is 2.90. The highest BCUT2D eigenvalue weighted by molar-refractivity contribution is 7.10. The fourth-order valence-electron chi connectivity index (χ4n) is 1.68. The molecular formula is C9H11NOS. The number of primary amides is 1. The maximum Gasteiger partial charge on any atom is 0.220 e. The SMILES string of the molecule is NC(=O)C1CCc2sccc2C1. The van der Waals surface area contributed by atoms with Crippen molar-refractivity contribution in [3.63, 3.8) is 0 Å². The summed E-state index contributed by atoms with van der Waals surface area (Å²) in [7, 11) is 0. The molecule has 0 aliphatic heterocycles. The molecule has 1 heterocycles. The average molecular weight is 181 g/mol. The molecular weight excluding hydrogens is 170 g/mol. The van der Waals surface area contributed by atoms with Crippen molar-refractivity contribution in [2.75, 3.05) is 0 Å². The van der Waals surface area contributed by atoms with Crippen LogP contribution in [-0.2, 0) is 17.6 Å².